The van der Waals surface area contributed by atoms with E-state index in [1.165, 1.54) is 5.56 Å². The van der Waals surface area contributed by atoms with Crippen LogP contribution in [0.3, 0.4) is 0 Å². The summed E-state index contributed by atoms with van der Waals surface area (Å²) < 4.78 is 10.9. The lowest BCUT2D eigenvalue weighted by Crippen LogP contribution is -2.47. The van der Waals surface area contributed by atoms with Crippen LogP contribution in [0.5, 0.6) is 5.75 Å². The fourth-order valence-electron chi connectivity index (χ4n) is 2.46. The van der Waals surface area contributed by atoms with Gasteiger partial charge in [-0.2, -0.15) is 0 Å². The lowest BCUT2D eigenvalue weighted by atomic mass is 9.94. The topological polar surface area (TPSA) is 56.5 Å². The molecule has 1 fully saturated rings. The van der Waals surface area contributed by atoms with Crippen molar-refractivity contribution >= 4 is 0 Å². The Kier molecular flexibility index (Phi) is 4.80. The van der Waals surface area contributed by atoms with Crippen molar-refractivity contribution in [3.05, 3.63) is 29.3 Å². The number of hydrogen-bond donors (Lipinski definition) is 2. The first-order valence-corrected chi connectivity index (χ1v) is 6.88. The Morgan fingerprint density at radius 2 is 2.21 bits per heavy atom. The molecule has 1 aliphatic heterocycles. The van der Waals surface area contributed by atoms with Gasteiger partial charge < -0.3 is 20.5 Å². The summed E-state index contributed by atoms with van der Waals surface area (Å²) in [4.78, 5) is 0. The second kappa shape index (κ2) is 6.37. The van der Waals surface area contributed by atoms with Crippen LogP contribution in [0.25, 0.3) is 0 Å². The van der Waals surface area contributed by atoms with Crippen molar-refractivity contribution < 1.29 is 9.47 Å². The van der Waals surface area contributed by atoms with Crippen LogP contribution in [-0.4, -0.2) is 32.9 Å². The first-order valence-electron chi connectivity index (χ1n) is 6.88. The van der Waals surface area contributed by atoms with Crippen LogP contribution in [0.4, 0.5) is 0 Å². The molecule has 1 saturated heterocycles. The van der Waals surface area contributed by atoms with Crippen LogP contribution in [0.2, 0.25) is 0 Å². The smallest absolute Gasteiger partial charge is 0.122 e. The molecule has 106 valence electrons. The number of rotatable bonds is 4. The van der Waals surface area contributed by atoms with Gasteiger partial charge in [-0.15, -0.1) is 0 Å². The lowest BCUT2D eigenvalue weighted by Gasteiger charge is -2.29. The second-order valence-electron chi connectivity index (χ2n) is 5.32. The maximum atomic E-state index is 6.35. The standard InChI is InChI=1S/C15H24N2O2/c1-10(2)12-8-11(4-5-14(12)18-3)15(16)13-9-19-7-6-17-13/h4-5,8,10,13,15,17H,6-7,9,16H2,1-3H3. The van der Waals surface area contributed by atoms with E-state index in [2.05, 4.69) is 25.2 Å². The van der Waals surface area contributed by atoms with E-state index in [4.69, 9.17) is 15.2 Å². The quantitative estimate of drug-likeness (QED) is 0.871. The number of nitrogens with one attached hydrogen (secondary N) is 1. The van der Waals surface area contributed by atoms with Gasteiger partial charge in [0.25, 0.3) is 0 Å². The van der Waals surface area contributed by atoms with Gasteiger partial charge in [0.05, 0.1) is 20.3 Å². The number of benzene rings is 1. The Morgan fingerprint density at radius 3 is 2.79 bits per heavy atom. The molecule has 0 saturated carbocycles. The summed E-state index contributed by atoms with van der Waals surface area (Å²) >= 11 is 0. The van der Waals surface area contributed by atoms with Gasteiger partial charge in [0.1, 0.15) is 5.75 Å². The molecule has 0 radical (unpaired) electrons. The summed E-state index contributed by atoms with van der Waals surface area (Å²) in [5.74, 6) is 1.34. The number of hydrogen-bond acceptors (Lipinski definition) is 4. The molecular formula is C15H24N2O2. The van der Waals surface area contributed by atoms with Crippen LogP contribution in [0.15, 0.2) is 18.2 Å². The highest BCUT2D eigenvalue weighted by molar-refractivity contribution is 5.40. The average molecular weight is 264 g/mol. The normalized spacial score (nSPS) is 21.4. The summed E-state index contributed by atoms with van der Waals surface area (Å²) in [6.07, 6.45) is 0. The first-order chi connectivity index (χ1) is 9.13. The first kappa shape index (κ1) is 14.3. The Balaban J connectivity index is 2.21. The van der Waals surface area contributed by atoms with E-state index >= 15 is 0 Å². The SMILES string of the molecule is COc1ccc(C(N)C2COCCN2)cc1C(C)C. The Labute approximate surface area is 115 Å². The fourth-order valence-corrected chi connectivity index (χ4v) is 2.46. The Hall–Kier alpha value is -1.10. The molecule has 2 rings (SSSR count). The van der Waals surface area contributed by atoms with E-state index in [0.29, 0.717) is 12.5 Å². The monoisotopic (exact) mass is 264 g/mol. The van der Waals surface area contributed by atoms with Crippen LogP contribution < -0.4 is 15.8 Å². The molecule has 2 unspecified atom stereocenters. The molecule has 0 bridgehead atoms. The van der Waals surface area contributed by atoms with E-state index in [9.17, 15) is 0 Å². The minimum atomic E-state index is -0.0521. The molecule has 0 amide bonds. The maximum Gasteiger partial charge on any atom is 0.122 e. The molecule has 2 atom stereocenters. The molecule has 4 nitrogen and oxygen atoms in total. The lowest BCUT2D eigenvalue weighted by molar-refractivity contribution is 0.0685. The highest BCUT2D eigenvalue weighted by Gasteiger charge is 2.23. The van der Waals surface area contributed by atoms with Crippen molar-refractivity contribution in [3.63, 3.8) is 0 Å². The van der Waals surface area contributed by atoms with Crippen LogP contribution in [0.1, 0.15) is 36.9 Å². The predicted octanol–water partition coefficient (Wildman–Crippen LogP) is 1.81. The zero-order valence-electron chi connectivity index (χ0n) is 12.0. The number of nitrogens with two attached hydrogens (primary N) is 1. The summed E-state index contributed by atoms with van der Waals surface area (Å²) in [6, 6.07) is 6.34. The third-order valence-corrected chi connectivity index (χ3v) is 3.64. The summed E-state index contributed by atoms with van der Waals surface area (Å²) in [7, 11) is 1.71. The molecular weight excluding hydrogens is 240 g/mol. The van der Waals surface area contributed by atoms with Gasteiger partial charge in [0.15, 0.2) is 0 Å². The minimum absolute atomic E-state index is 0.0521. The van der Waals surface area contributed by atoms with E-state index in [-0.39, 0.29) is 12.1 Å². The molecule has 19 heavy (non-hydrogen) atoms. The van der Waals surface area contributed by atoms with Crippen molar-refractivity contribution in [1.29, 1.82) is 0 Å². The summed E-state index contributed by atoms with van der Waals surface area (Å²) in [5.41, 5.74) is 8.68. The summed E-state index contributed by atoms with van der Waals surface area (Å²) in [6.45, 7) is 6.63. The minimum Gasteiger partial charge on any atom is -0.496 e. The van der Waals surface area contributed by atoms with Crippen LogP contribution in [-0.2, 0) is 4.74 Å². The Bertz CT molecular complexity index is 415. The van der Waals surface area contributed by atoms with Crippen LogP contribution in [0, 0.1) is 0 Å². The number of methoxy groups -OCH3 is 1. The van der Waals surface area contributed by atoms with Gasteiger partial charge in [0.2, 0.25) is 0 Å². The fraction of sp³-hybridized carbons (Fsp3) is 0.600. The molecule has 1 heterocycles. The van der Waals surface area contributed by atoms with Crippen molar-refractivity contribution in [1.82, 2.24) is 5.32 Å². The number of morpholine rings is 1. The van der Waals surface area contributed by atoms with E-state index in [1.54, 1.807) is 7.11 Å². The molecule has 0 spiro atoms. The van der Waals surface area contributed by atoms with Crippen molar-refractivity contribution in [2.24, 2.45) is 5.73 Å². The van der Waals surface area contributed by atoms with Gasteiger partial charge in [-0.1, -0.05) is 26.0 Å². The Morgan fingerprint density at radius 1 is 1.42 bits per heavy atom. The maximum absolute atomic E-state index is 6.35. The van der Waals surface area contributed by atoms with Crippen molar-refractivity contribution in [2.45, 2.75) is 31.8 Å². The highest BCUT2D eigenvalue weighted by atomic mass is 16.5. The molecule has 0 aliphatic carbocycles. The number of ether oxygens (including phenoxy) is 2. The molecule has 1 aliphatic rings. The van der Waals surface area contributed by atoms with E-state index < -0.39 is 0 Å². The zero-order chi connectivity index (χ0) is 13.8. The summed E-state index contributed by atoms with van der Waals surface area (Å²) in [5, 5.41) is 3.41. The van der Waals surface area contributed by atoms with Crippen molar-refractivity contribution in [3.8, 4) is 5.75 Å². The molecule has 0 aromatic heterocycles. The highest BCUT2D eigenvalue weighted by Crippen LogP contribution is 2.29. The van der Waals surface area contributed by atoms with E-state index in [0.717, 1.165) is 24.5 Å². The zero-order valence-corrected chi connectivity index (χ0v) is 12.0. The van der Waals surface area contributed by atoms with Gasteiger partial charge >= 0.3 is 0 Å². The third kappa shape index (κ3) is 3.26. The van der Waals surface area contributed by atoms with Gasteiger partial charge in [0, 0.05) is 18.6 Å². The second-order valence-corrected chi connectivity index (χ2v) is 5.32. The third-order valence-electron chi connectivity index (χ3n) is 3.64. The van der Waals surface area contributed by atoms with Gasteiger partial charge in [-0.3, -0.25) is 0 Å². The largest absolute Gasteiger partial charge is 0.496 e. The molecule has 1 aromatic rings. The van der Waals surface area contributed by atoms with Crippen molar-refractivity contribution in [2.75, 3.05) is 26.9 Å². The molecule has 3 N–H and O–H groups in total. The molecule has 4 heteroatoms. The molecule has 1 aromatic carbocycles. The van der Waals surface area contributed by atoms with E-state index in [1.807, 2.05) is 12.1 Å². The predicted molar refractivity (Wildman–Crippen MR) is 76.6 cm³/mol. The van der Waals surface area contributed by atoms with Gasteiger partial charge in [-0.05, 0) is 23.1 Å². The average Bonchev–Trinajstić information content (AvgIpc) is 2.46. The van der Waals surface area contributed by atoms with Crippen LogP contribution >= 0.6 is 0 Å². The van der Waals surface area contributed by atoms with Gasteiger partial charge in [-0.25, -0.2) is 0 Å².